The van der Waals surface area contributed by atoms with E-state index in [0.29, 0.717) is 11.9 Å². The zero-order valence-corrected chi connectivity index (χ0v) is 15.0. The summed E-state index contributed by atoms with van der Waals surface area (Å²) in [4.78, 5) is 30.8. The highest BCUT2D eigenvalue weighted by Crippen LogP contribution is 2.25. The van der Waals surface area contributed by atoms with Crippen LogP contribution in [-0.2, 0) is 11.3 Å². The minimum absolute atomic E-state index is 0.0230. The van der Waals surface area contributed by atoms with Crippen molar-refractivity contribution < 1.29 is 4.79 Å². The Morgan fingerprint density at radius 3 is 2.96 bits per heavy atom. The SMILES string of the molecule is Cc1sc2ncn(CC(=O)NCCC3=CCCCC3)c(=O)c2c1C. The van der Waals surface area contributed by atoms with E-state index in [1.807, 2.05) is 13.8 Å². The lowest BCUT2D eigenvalue weighted by Crippen LogP contribution is -2.33. The lowest BCUT2D eigenvalue weighted by molar-refractivity contribution is -0.121. The van der Waals surface area contributed by atoms with Gasteiger partial charge in [-0.15, -0.1) is 11.3 Å². The van der Waals surface area contributed by atoms with Crippen molar-refractivity contribution in [3.8, 4) is 0 Å². The highest BCUT2D eigenvalue weighted by Gasteiger charge is 2.13. The molecule has 0 spiro atoms. The van der Waals surface area contributed by atoms with E-state index >= 15 is 0 Å². The number of rotatable bonds is 5. The normalized spacial score (nSPS) is 14.7. The highest BCUT2D eigenvalue weighted by atomic mass is 32.1. The average molecular weight is 345 g/mol. The number of aromatic nitrogens is 2. The molecule has 0 aliphatic heterocycles. The summed E-state index contributed by atoms with van der Waals surface area (Å²) >= 11 is 1.52. The van der Waals surface area contributed by atoms with Gasteiger partial charge < -0.3 is 5.32 Å². The van der Waals surface area contributed by atoms with Crippen LogP contribution in [0.1, 0.15) is 42.5 Å². The maximum Gasteiger partial charge on any atom is 0.262 e. The largest absolute Gasteiger partial charge is 0.354 e. The molecule has 0 aromatic carbocycles. The molecule has 1 N–H and O–H groups in total. The zero-order valence-electron chi connectivity index (χ0n) is 14.2. The van der Waals surface area contributed by atoms with Gasteiger partial charge in [-0.25, -0.2) is 4.98 Å². The predicted octanol–water partition coefficient (Wildman–Crippen LogP) is 3.08. The number of fused-ring (bicyclic) bond motifs is 1. The van der Waals surface area contributed by atoms with Gasteiger partial charge in [0.05, 0.1) is 11.7 Å². The van der Waals surface area contributed by atoms with Crippen LogP contribution in [0.15, 0.2) is 22.8 Å². The molecule has 0 saturated carbocycles. The van der Waals surface area contributed by atoms with Crippen LogP contribution in [0.5, 0.6) is 0 Å². The third-order valence-corrected chi connectivity index (χ3v) is 5.74. The number of hydrogen-bond donors (Lipinski definition) is 1. The molecule has 2 aromatic rings. The summed E-state index contributed by atoms with van der Waals surface area (Å²) in [6, 6.07) is 0. The Kier molecular flexibility index (Phi) is 5.14. The lowest BCUT2D eigenvalue weighted by atomic mass is 9.97. The first-order chi connectivity index (χ1) is 11.6. The van der Waals surface area contributed by atoms with Crippen molar-refractivity contribution in [2.75, 3.05) is 6.54 Å². The van der Waals surface area contributed by atoms with Gasteiger partial charge >= 0.3 is 0 Å². The molecule has 3 rings (SSSR count). The summed E-state index contributed by atoms with van der Waals surface area (Å²) in [5.74, 6) is -0.140. The van der Waals surface area contributed by atoms with Crippen molar-refractivity contribution in [2.45, 2.75) is 52.5 Å². The maximum atomic E-state index is 12.6. The molecule has 0 saturated heterocycles. The van der Waals surface area contributed by atoms with Gasteiger partial charge in [0.1, 0.15) is 11.4 Å². The Balaban J connectivity index is 1.63. The minimum Gasteiger partial charge on any atom is -0.354 e. The van der Waals surface area contributed by atoms with Gasteiger partial charge in [-0.05, 0) is 51.5 Å². The minimum atomic E-state index is -0.140. The summed E-state index contributed by atoms with van der Waals surface area (Å²) in [7, 11) is 0. The van der Waals surface area contributed by atoms with Crippen LogP contribution in [0.3, 0.4) is 0 Å². The maximum absolute atomic E-state index is 12.6. The van der Waals surface area contributed by atoms with E-state index in [4.69, 9.17) is 0 Å². The molecule has 24 heavy (non-hydrogen) atoms. The molecular weight excluding hydrogens is 322 g/mol. The smallest absolute Gasteiger partial charge is 0.262 e. The Bertz CT molecular complexity index is 848. The molecule has 0 fully saturated rings. The third-order valence-electron chi connectivity index (χ3n) is 4.62. The Hall–Kier alpha value is -1.95. The number of nitrogens with one attached hydrogen (secondary N) is 1. The van der Waals surface area contributed by atoms with Crippen LogP contribution >= 0.6 is 11.3 Å². The summed E-state index contributed by atoms with van der Waals surface area (Å²) in [6.45, 7) is 4.57. The molecule has 1 amide bonds. The van der Waals surface area contributed by atoms with E-state index < -0.39 is 0 Å². The molecule has 0 unspecified atom stereocenters. The van der Waals surface area contributed by atoms with Crippen LogP contribution in [0.25, 0.3) is 10.2 Å². The Morgan fingerprint density at radius 2 is 2.21 bits per heavy atom. The number of allylic oxidation sites excluding steroid dienone is 1. The molecule has 0 atom stereocenters. The molecule has 1 aliphatic rings. The molecule has 128 valence electrons. The van der Waals surface area contributed by atoms with Crippen LogP contribution < -0.4 is 10.9 Å². The van der Waals surface area contributed by atoms with Gasteiger partial charge in [-0.1, -0.05) is 11.6 Å². The quantitative estimate of drug-likeness (QED) is 0.847. The fraction of sp³-hybridized carbons (Fsp3) is 0.500. The summed E-state index contributed by atoms with van der Waals surface area (Å²) in [5.41, 5.74) is 2.27. The molecule has 1 aliphatic carbocycles. The number of nitrogens with zero attached hydrogens (tertiary/aromatic N) is 2. The van der Waals surface area contributed by atoms with Gasteiger partial charge in [0.15, 0.2) is 0 Å². The number of carbonyl (C=O) groups is 1. The van der Waals surface area contributed by atoms with Crippen LogP contribution in [0.4, 0.5) is 0 Å². The topological polar surface area (TPSA) is 64.0 Å². The van der Waals surface area contributed by atoms with Gasteiger partial charge in [-0.3, -0.25) is 14.2 Å². The first-order valence-electron chi connectivity index (χ1n) is 8.46. The molecule has 0 radical (unpaired) electrons. The van der Waals surface area contributed by atoms with Crippen molar-refractivity contribution in [3.63, 3.8) is 0 Å². The van der Waals surface area contributed by atoms with Crippen molar-refractivity contribution in [3.05, 3.63) is 38.8 Å². The fourth-order valence-corrected chi connectivity index (χ4v) is 4.07. The first-order valence-corrected chi connectivity index (χ1v) is 9.27. The number of hydrogen-bond acceptors (Lipinski definition) is 4. The summed E-state index contributed by atoms with van der Waals surface area (Å²) in [5, 5.41) is 3.55. The molecular formula is C18H23N3O2S. The van der Waals surface area contributed by atoms with Crippen molar-refractivity contribution in [1.29, 1.82) is 0 Å². The first kappa shape index (κ1) is 16.9. The van der Waals surface area contributed by atoms with E-state index in [-0.39, 0.29) is 18.0 Å². The Morgan fingerprint density at radius 1 is 1.38 bits per heavy atom. The summed E-state index contributed by atoms with van der Waals surface area (Å²) in [6.07, 6.45) is 9.50. The van der Waals surface area contributed by atoms with Crippen molar-refractivity contribution in [1.82, 2.24) is 14.9 Å². The highest BCUT2D eigenvalue weighted by molar-refractivity contribution is 7.18. The van der Waals surface area contributed by atoms with Gasteiger partial charge in [0.2, 0.25) is 5.91 Å². The van der Waals surface area contributed by atoms with Gasteiger partial charge in [0.25, 0.3) is 5.56 Å². The predicted molar refractivity (Wildman–Crippen MR) is 97.5 cm³/mol. The van der Waals surface area contributed by atoms with E-state index in [9.17, 15) is 9.59 Å². The molecule has 2 heterocycles. The zero-order chi connectivity index (χ0) is 17.1. The van der Waals surface area contributed by atoms with Gasteiger partial charge in [-0.2, -0.15) is 0 Å². The number of aryl methyl sites for hydroxylation is 2. The average Bonchev–Trinajstić information content (AvgIpc) is 2.86. The number of thiophene rings is 1. The second kappa shape index (κ2) is 7.30. The van der Waals surface area contributed by atoms with Crippen LogP contribution in [0, 0.1) is 13.8 Å². The lowest BCUT2D eigenvalue weighted by Gasteiger charge is -2.13. The monoisotopic (exact) mass is 345 g/mol. The van der Waals surface area contributed by atoms with Gasteiger partial charge in [0, 0.05) is 11.4 Å². The van der Waals surface area contributed by atoms with Crippen molar-refractivity contribution in [2.24, 2.45) is 0 Å². The standard InChI is InChI=1S/C18H23N3O2S/c1-12-13(2)24-17-16(12)18(23)21(11-20-17)10-15(22)19-9-8-14-6-4-3-5-7-14/h6,11H,3-5,7-10H2,1-2H3,(H,19,22). The fourth-order valence-electron chi connectivity index (χ4n) is 3.09. The van der Waals surface area contributed by atoms with Crippen LogP contribution in [0.2, 0.25) is 0 Å². The third kappa shape index (κ3) is 3.59. The Labute approximate surface area is 145 Å². The second-order valence-corrected chi connectivity index (χ2v) is 7.55. The molecule has 6 heteroatoms. The van der Waals surface area contributed by atoms with E-state index in [2.05, 4.69) is 16.4 Å². The molecule has 0 bridgehead atoms. The van der Waals surface area contributed by atoms with Crippen molar-refractivity contribution >= 4 is 27.5 Å². The number of amides is 1. The molecule has 2 aromatic heterocycles. The summed E-state index contributed by atoms with van der Waals surface area (Å²) < 4.78 is 1.40. The van der Waals surface area contributed by atoms with E-state index in [0.717, 1.165) is 34.5 Å². The van der Waals surface area contributed by atoms with Crippen LogP contribution in [-0.4, -0.2) is 22.0 Å². The second-order valence-electron chi connectivity index (χ2n) is 6.35. The van der Waals surface area contributed by atoms with E-state index in [1.165, 1.54) is 40.6 Å². The molecule has 5 nitrogen and oxygen atoms in total. The van der Waals surface area contributed by atoms with E-state index in [1.54, 1.807) is 0 Å². The number of carbonyl (C=O) groups excluding carboxylic acids is 1.